The number of benzene rings is 2. The number of hydrogen-bond acceptors (Lipinski definition) is 0. The first-order valence-corrected chi connectivity index (χ1v) is 9.57. The first-order chi connectivity index (χ1) is 10.2. The standard InChI is InChI=1S/C20H22I2/c1-13(2)14-6-7-15(18(21)11-14)10-16-8-9-17(12-19(16)22)20(3,4)5/h6-9,11-12H,1,10H2,2-5H3. The molecule has 0 unspecified atom stereocenters. The van der Waals surface area contributed by atoms with E-state index in [0.717, 1.165) is 12.0 Å². The predicted octanol–water partition coefficient (Wildman–Crippen LogP) is 6.82. The molecule has 2 rings (SSSR count). The molecular weight excluding hydrogens is 494 g/mol. The van der Waals surface area contributed by atoms with Crippen LogP contribution in [0.4, 0.5) is 0 Å². The van der Waals surface area contributed by atoms with E-state index < -0.39 is 0 Å². The monoisotopic (exact) mass is 516 g/mol. The van der Waals surface area contributed by atoms with Gasteiger partial charge in [-0.15, -0.1) is 0 Å². The second-order valence-corrected chi connectivity index (χ2v) is 9.14. The van der Waals surface area contributed by atoms with E-state index in [0.29, 0.717) is 0 Å². The van der Waals surface area contributed by atoms with Gasteiger partial charge in [0.2, 0.25) is 0 Å². The fraction of sp³-hybridized carbons (Fsp3) is 0.300. The van der Waals surface area contributed by atoms with E-state index in [1.807, 2.05) is 0 Å². The van der Waals surface area contributed by atoms with Crippen LogP contribution in [-0.4, -0.2) is 0 Å². The quantitative estimate of drug-likeness (QED) is 0.393. The molecule has 0 atom stereocenters. The van der Waals surface area contributed by atoms with E-state index in [9.17, 15) is 0 Å². The molecule has 0 radical (unpaired) electrons. The molecule has 0 nitrogen and oxygen atoms in total. The molecule has 116 valence electrons. The third kappa shape index (κ3) is 4.34. The summed E-state index contributed by atoms with van der Waals surface area (Å²) >= 11 is 4.90. The highest BCUT2D eigenvalue weighted by Gasteiger charge is 2.15. The van der Waals surface area contributed by atoms with Crippen LogP contribution in [-0.2, 0) is 11.8 Å². The van der Waals surface area contributed by atoms with E-state index in [4.69, 9.17) is 0 Å². The molecule has 0 aromatic heterocycles. The number of hydrogen-bond donors (Lipinski definition) is 0. The van der Waals surface area contributed by atoms with E-state index in [1.165, 1.54) is 29.4 Å². The Bertz CT molecular complexity index is 706. The maximum absolute atomic E-state index is 4.02. The molecule has 0 fully saturated rings. The molecule has 2 aromatic carbocycles. The van der Waals surface area contributed by atoms with Gasteiger partial charge in [0.1, 0.15) is 0 Å². The van der Waals surface area contributed by atoms with Gasteiger partial charge in [0.05, 0.1) is 0 Å². The van der Waals surface area contributed by atoms with Crippen molar-refractivity contribution in [3.63, 3.8) is 0 Å². The second kappa shape index (κ2) is 7.04. The SMILES string of the molecule is C=C(C)c1ccc(Cc2ccc(C(C)(C)C)cc2I)c(I)c1. The molecule has 2 aromatic rings. The summed E-state index contributed by atoms with van der Waals surface area (Å²) in [4.78, 5) is 0. The zero-order valence-electron chi connectivity index (χ0n) is 13.6. The number of halogens is 2. The Balaban J connectivity index is 2.30. The van der Waals surface area contributed by atoms with Crippen molar-refractivity contribution in [2.75, 3.05) is 0 Å². The minimum atomic E-state index is 0.204. The Labute approximate surface area is 161 Å². The smallest absolute Gasteiger partial charge is 0.0171 e. The summed E-state index contributed by atoms with van der Waals surface area (Å²) in [6.45, 7) is 12.9. The van der Waals surface area contributed by atoms with Gasteiger partial charge in [-0.3, -0.25) is 0 Å². The van der Waals surface area contributed by atoms with Crippen molar-refractivity contribution in [3.05, 3.63) is 72.4 Å². The molecule has 2 heteroatoms. The average molecular weight is 516 g/mol. The van der Waals surface area contributed by atoms with Crippen molar-refractivity contribution in [2.24, 2.45) is 0 Å². The van der Waals surface area contributed by atoms with Gasteiger partial charge in [-0.25, -0.2) is 0 Å². The highest BCUT2D eigenvalue weighted by Crippen LogP contribution is 2.28. The van der Waals surface area contributed by atoms with E-state index in [2.05, 4.69) is 116 Å². The van der Waals surface area contributed by atoms with Gasteiger partial charge in [-0.05, 0) is 98.3 Å². The van der Waals surface area contributed by atoms with Gasteiger partial charge >= 0.3 is 0 Å². The molecule has 0 bridgehead atoms. The van der Waals surface area contributed by atoms with Crippen molar-refractivity contribution in [1.82, 2.24) is 0 Å². The van der Waals surface area contributed by atoms with Crippen molar-refractivity contribution in [2.45, 2.75) is 39.5 Å². The summed E-state index contributed by atoms with van der Waals surface area (Å²) in [6, 6.07) is 13.5. The van der Waals surface area contributed by atoms with Crippen LogP contribution in [0.2, 0.25) is 0 Å². The summed E-state index contributed by atoms with van der Waals surface area (Å²) in [6.07, 6.45) is 0.984. The molecule has 0 aliphatic heterocycles. The van der Waals surface area contributed by atoms with E-state index in [-0.39, 0.29) is 5.41 Å². The third-order valence-corrected chi connectivity index (χ3v) is 5.85. The molecule has 0 aliphatic rings. The minimum absolute atomic E-state index is 0.204. The lowest BCUT2D eigenvalue weighted by Crippen LogP contribution is -2.11. The molecule has 0 saturated carbocycles. The molecule has 22 heavy (non-hydrogen) atoms. The summed E-state index contributed by atoms with van der Waals surface area (Å²) < 4.78 is 2.67. The summed E-state index contributed by atoms with van der Waals surface area (Å²) in [7, 11) is 0. The molecule has 0 heterocycles. The maximum Gasteiger partial charge on any atom is 0.0171 e. The fourth-order valence-electron chi connectivity index (χ4n) is 2.32. The second-order valence-electron chi connectivity index (χ2n) is 6.82. The van der Waals surface area contributed by atoms with E-state index in [1.54, 1.807) is 0 Å². The fourth-order valence-corrected chi connectivity index (χ4v) is 3.73. The lowest BCUT2D eigenvalue weighted by molar-refractivity contribution is 0.589. The first-order valence-electron chi connectivity index (χ1n) is 7.41. The van der Waals surface area contributed by atoms with Gasteiger partial charge < -0.3 is 0 Å². The predicted molar refractivity (Wildman–Crippen MR) is 115 cm³/mol. The molecule has 0 amide bonds. The molecular formula is C20H22I2. The number of allylic oxidation sites excluding steroid dienone is 1. The Morgan fingerprint density at radius 1 is 0.955 bits per heavy atom. The van der Waals surface area contributed by atoms with Crippen LogP contribution in [0.1, 0.15) is 49.9 Å². The highest BCUT2D eigenvalue weighted by atomic mass is 127. The van der Waals surface area contributed by atoms with Crippen LogP contribution < -0.4 is 0 Å². The Morgan fingerprint density at radius 3 is 1.95 bits per heavy atom. The largest absolute Gasteiger partial charge is 0.0955 e. The van der Waals surface area contributed by atoms with Gasteiger partial charge in [-0.1, -0.05) is 57.2 Å². The lowest BCUT2D eigenvalue weighted by Gasteiger charge is -2.20. The molecule has 0 N–H and O–H groups in total. The summed E-state index contributed by atoms with van der Waals surface area (Å²) in [5, 5.41) is 0. The Kier molecular flexibility index (Phi) is 5.75. The van der Waals surface area contributed by atoms with Crippen molar-refractivity contribution < 1.29 is 0 Å². The highest BCUT2D eigenvalue weighted by molar-refractivity contribution is 14.1. The summed E-state index contributed by atoms with van der Waals surface area (Å²) in [5.74, 6) is 0. The molecule has 0 saturated heterocycles. The number of rotatable bonds is 3. The van der Waals surface area contributed by atoms with Crippen LogP contribution in [0.15, 0.2) is 43.0 Å². The van der Waals surface area contributed by atoms with E-state index >= 15 is 0 Å². The maximum atomic E-state index is 4.02. The average Bonchev–Trinajstić information content (AvgIpc) is 2.41. The van der Waals surface area contributed by atoms with Gasteiger partial charge in [0, 0.05) is 7.14 Å². The minimum Gasteiger partial charge on any atom is -0.0955 e. The Hall–Kier alpha value is -0.360. The normalized spacial score (nSPS) is 11.5. The van der Waals surface area contributed by atoms with Crippen LogP contribution >= 0.6 is 45.2 Å². The van der Waals surface area contributed by atoms with Crippen LogP contribution in [0, 0.1) is 7.14 Å². The molecule has 0 aliphatic carbocycles. The topological polar surface area (TPSA) is 0 Å². The van der Waals surface area contributed by atoms with Crippen molar-refractivity contribution in [1.29, 1.82) is 0 Å². The third-order valence-electron chi connectivity index (χ3n) is 3.85. The molecule has 0 spiro atoms. The van der Waals surface area contributed by atoms with Crippen LogP contribution in [0.5, 0.6) is 0 Å². The van der Waals surface area contributed by atoms with Gasteiger partial charge in [0.15, 0.2) is 0 Å². The van der Waals surface area contributed by atoms with Gasteiger partial charge in [0.25, 0.3) is 0 Å². The zero-order chi connectivity index (χ0) is 16.5. The van der Waals surface area contributed by atoms with Crippen molar-refractivity contribution >= 4 is 50.8 Å². The van der Waals surface area contributed by atoms with Gasteiger partial charge in [-0.2, -0.15) is 0 Å². The zero-order valence-corrected chi connectivity index (χ0v) is 17.9. The van der Waals surface area contributed by atoms with Crippen LogP contribution in [0.25, 0.3) is 5.57 Å². The van der Waals surface area contributed by atoms with Crippen molar-refractivity contribution in [3.8, 4) is 0 Å². The van der Waals surface area contributed by atoms with Crippen LogP contribution in [0.3, 0.4) is 0 Å². The Morgan fingerprint density at radius 2 is 1.50 bits per heavy atom. The first kappa shape index (κ1) is 18.0. The lowest BCUT2D eigenvalue weighted by atomic mass is 9.86. The summed E-state index contributed by atoms with van der Waals surface area (Å²) in [5.41, 5.74) is 6.73.